The van der Waals surface area contributed by atoms with Gasteiger partial charge in [0.1, 0.15) is 5.01 Å². The molecule has 0 aliphatic carbocycles. The van der Waals surface area contributed by atoms with Gasteiger partial charge in [-0.2, -0.15) is 5.26 Å². The topological polar surface area (TPSA) is 53.8 Å². The number of aryl methyl sites for hydroxylation is 1. The Hall–Kier alpha value is -1.64. The molecule has 0 fully saturated rings. The van der Waals surface area contributed by atoms with E-state index in [0.29, 0.717) is 5.01 Å². The van der Waals surface area contributed by atoms with Crippen molar-refractivity contribution in [1.82, 2.24) is 4.98 Å². The lowest BCUT2D eigenvalue weighted by Crippen LogP contribution is -2.13. The van der Waals surface area contributed by atoms with E-state index in [9.17, 15) is 10.1 Å². The summed E-state index contributed by atoms with van der Waals surface area (Å²) in [5.74, 6) is -0.562. The van der Waals surface area contributed by atoms with E-state index in [-0.39, 0.29) is 17.0 Å². The highest BCUT2D eigenvalue weighted by Gasteiger charge is 2.23. The van der Waals surface area contributed by atoms with Crippen molar-refractivity contribution in [2.45, 2.75) is 43.9 Å². The Morgan fingerprint density at radius 2 is 2.00 bits per heavy atom. The number of thiazole rings is 1. The molecule has 23 heavy (non-hydrogen) atoms. The summed E-state index contributed by atoms with van der Waals surface area (Å²) < 4.78 is 0. The molecule has 2 rings (SSSR count). The van der Waals surface area contributed by atoms with Crippen LogP contribution in [0, 0.1) is 18.3 Å². The summed E-state index contributed by atoms with van der Waals surface area (Å²) in [4.78, 5) is 17.6. The van der Waals surface area contributed by atoms with Crippen molar-refractivity contribution in [1.29, 1.82) is 5.26 Å². The molecule has 0 unspecified atom stereocenters. The van der Waals surface area contributed by atoms with Crippen LogP contribution in [-0.2, 0) is 10.2 Å². The van der Waals surface area contributed by atoms with Crippen LogP contribution >= 0.6 is 23.1 Å². The van der Waals surface area contributed by atoms with Gasteiger partial charge in [0.2, 0.25) is 0 Å². The first-order valence-electron chi connectivity index (χ1n) is 7.39. The molecule has 120 valence electrons. The lowest BCUT2D eigenvalue weighted by atomic mass is 9.87. The zero-order valence-electron chi connectivity index (χ0n) is 13.8. The van der Waals surface area contributed by atoms with Crippen molar-refractivity contribution in [3.8, 4) is 6.07 Å². The fourth-order valence-electron chi connectivity index (χ4n) is 2.06. The van der Waals surface area contributed by atoms with Crippen molar-refractivity contribution in [3.05, 3.63) is 45.9 Å². The van der Waals surface area contributed by atoms with Gasteiger partial charge in [0, 0.05) is 16.0 Å². The molecule has 1 atom stereocenters. The van der Waals surface area contributed by atoms with Crippen LogP contribution in [0.25, 0.3) is 0 Å². The van der Waals surface area contributed by atoms with Gasteiger partial charge in [-0.25, -0.2) is 4.98 Å². The molecular weight excluding hydrogens is 324 g/mol. The van der Waals surface area contributed by atoms with Crippen LogP contribution in [0.5, 0.6) is 0 Å². The van der Waals surface area contributed by atoms with Crippen LogP contribution in [0.3, 0.4) is 0 Å². The van der Waals surface area contributed by atoms with Crippen molar-refractivity contribution in [3.63, 3.8) is 0 Å². The highest BCUT2D eigenvalue weighted by Crippen LogP contribution is 2.27. The molecule has 0 aliphatic rings. The minimum absolute atomic E-state index is 0.0910. The van der Waals surface area contributed by atoms with Crippen LogP contribution < -0.4 is 0 Å². The molecular formula is C18H20N2OS2. The van der Waals surface area contributed by atoms with Gasteiger partial charge in [0.25, 0.3) is 0 Å². The molecule has 0 bridgehead atoms. The van der Waals surface area contributed by atoms with Crippen molar-refractivity contribution >= 4 is 28.9 Å². The summed E-state index contributed by atoms with van der Waals surface area (Å²) in [7, 11) is 0. The summed E-state index contributed by atoms with van der Waals surface area (Å²) in [5, 5.41) is 11.7. The van der Waals surface area contributed by atoms with Crippen LogP contribution in [0.1, 0.15) is 43.0 Å². The number of ketones is 1. The van der Waals surface area contributed by atoms with E-state index in [1.807, 2.05) is 24.4 Å². The largest absolute Gasteiger partial charge is 0.297 e. The lowest BCUT2D eigenvalue weighted by Gasteiger charge is -2.19. The molecule has 0 amide bonds. The number of Topliss-reactive ketones (excluding diaryl/α,β-unsaturated/α-hetero) is 1. The molecule has 0 spiro atoms. The van der Waals surface area contributed by atoms with E-state index in [2.05, 4.69) is 44.0 Å². The van der Waals surface area contributed by atoms with E-state index in [0.717, 1.165) is 10.6 Å². The fourth-order valence-corrected chi connectivity index (χ4v) is 3.72. The van der Waals surface area contributed by atoms with Gasteiger partial charge in [-0.1, -0.05) is 32.9 Å². The second-order valence-corrected chi connectivity index (χ2v) is 8.36. The average Bonchev–Trinajstić information content (AvgIpc) is 2.91. The maximum absolute atomic E-state index is 12.3. The molecule has 1 heterocycles. The monoisotopic (exact) mass is 344 g/mol. The van der Waals surface area contributed by atoms with Gasteiger partial charge in [-0.15, -0.1) is 23.1 Å². The highest BCUT2D eigenvalue weighted by molar-refractivity contribution is 8.00. The molecule has 0 radical (unpaired) electrons. The molecule has 3 nitrogen and oxygen atoms in total. The van der Waals surface area contributed by atoms with E-state index in [1.165, 1.54) is 28.7 Å². The van der Waals surface area contributed by atoms with Crippen molar-refractivity contribution < 1.29 is 4.79 Å². The molecule has 0 saturated carbocycles. The molecule has 1 aromatic carbocycles. The SMILES string of the molecule is Cc1csc([C@@H](C#N)C(=O)CSc2ccc(C(C)(C)C)cc2)n1. The second-order valence-electron chi connectivity index (χ2n) is 6.42. The number of aromatic nitrogens is 1. The lowest BCUT2D eigenvalue weighted by molar-refractivity contribution is -0.116. The predicted octanol–water partition coefficient (Wildman–Crippen LogP) is 4.72. The van der Waals surface area contributed by atoms with E-state index >= 15 is 0 Å². The minimum atomic E-state index is -0.755. The van der Waals surface area contributed by atoms with E-state index < -0.39 is 5.92 Å². The smallest absolute Gasteiger partial charge is 0.167 e. The Bertz CT molecular complexity index is 721. The summed E-state index contributed by atoms with van der Waals surface area (Å²) in [6, 6.07) is 10.3. The number of nitrogens with zero attached hydrogens (tertiary/aromatic N) is 2. The van der Waals surface area contributed by atoms with Crippen LogP contribution in [0.15, 0.2) is 34.5 Å². The fraction of sp³-hybridized carbons (Fsp3) is 0.389. The standard InChI is InChI=1S/C18H20N2OS2/c1-12-10-23-17(20-12)15(9-19)16(21)11-22-14-7-5-13(6-8-14)18(2,3)4/h5-8,10,15H,11H2,1-4H3/t15-/m0/s1. The highest BCUT2D eigenvalue weighted by atomic mass is 32.2. The van der Waals surface area contributed by atoms with Gasteiger partial charge < -0.3 is 0 Å². The summed E-state index contributed by atoms with van der Waals surface area (Å²) in [5.41, 5.74) is 2.23. The third-order valence-electron chi connectivity index (χ3n) is 3.44. The number of rotatable bonds is 5. The zero-order chi connectivity index (χ0) is 17.0. The summed E-state index contributed by atoms with van der Waals surface area (Å²) in [6.45, 7) is 8.38. The van der Waals surface area contributed by atoms with E-state index in [4.69, 9.17) is 0 Å². The second kappa shape index (κ2) is 7.29. The number of carbonyl (C=O) groups is 1. The molecule has 0 aliphatic heterocycles. The summed E-state index contributed by atoms with van der Waals surface area (Å²) >= 11 is 2.84. The maximum atomic E-state index is 12.3. The van der Waals surface area contributed by atoms with Crippen LogP contribution in [0.4, 0.5) is 0 Å². The minimum Gasteiger partial charge on any atom is -0.297 e. The van der Waals surface area contributed by atoms with Gasteiger partial charge in [-0.05, 0) is 30.0 Å². The molecule has 0 saturated heterocycles. The Morgan fingerprint density at radius 3 is 2.48 bits per heavy atom. The Kier molecular flexibility index (Phi) is 5.61. The first-order valence-corrected chi connectivity index (χ1v) is 9.25. The Balaban J connectivity index is 2.00. The number of carbonyl (C=O) groups excluding carboxylic acids is 1. The number of hydrogen-bond acceptors (Lipinski definition) is 5. The number of benzene rings is 1. The first-order chi connectivity index (χ1) is 10.8. The van der Waals surface area contributed by atoms with Crippen molar-refractivity contribution in [2.24, 2.45) is 0 Å². The zero-order valence-corrected chi connectivity index (χ0v) is 15.4. The Morgan fingerprint density at radius 1 is 1.35 bits per heavy atom. The van der Waals surface area contributed by atoms with Crippen molar-refractivity contribution in [2.75, 3.05) is 5.75 Å². The Labute approximate surface area is 145 Å². The quantitative estimate of drug-likeness (QED) is 0.737. The summed E-state index contributed by atoms with van der Waals surface area (Å²) in [6.07, 6.45) is 0. The van der Waals surface area contributed by atoms with Gasteiger partial charge in [0.05, 0.1) is 11.8 Å². The van der Waals surface area contributed by atoms with Crippen LogP contribution in [-0.4, -0.2) is 16.5 Å². The normalized spacial score (nSPS) is 12.7. The number of hydrogen-bond donors (Lipinski definition) is 0. The predicted molar refractivity (Wildman–Crippen MR) is 96.1 cm³/mol. The molecule has 2 aromatic rings. The van der Waals surface area contributed by atoms with E-state index in [1.54, 1.807) is 0 Å². The molecule has 0 N–H and O–H groups in total. The number of nitriles is 1. The average molecular weight is 345 g/mol. The maximum Gasteiger partial charge on any atom is 0.167 e. The van der Waals surface area contributed by atoms with Gasteiger partial charge in [-0.3, -0.25) is 4.79 Å². The van der Waals surface area contributed by atoms with Gasteiger partial charge in [0.15, 0.2) is 11.7 Å². The third-order valence-corrected chi connectivity index (χ3v) is 5.50. The van der Waals surface area contributed by atoms with Crippen LogP contribution in [0.2, 0.25) is 0 Å². The molecule has 1 aromatic heterocycles. The molecule has 5 heteroatoms. The number of thioether (sulfide) groups is 1. The van der Waals surface area contributed by atoms with Gasteiger partial charge >= 0.3 is 0 Å². The third kappa shape index (κ3) is 4.66. The first kappa shape index (κ1) is 17.7.